The van der Waals surface area contributed by atoms with E-state index in [1.54, 1.807) is 47.6 Å². The Labute approximate surface area is 314 Å². The number of amides is 5. The number of fused-ring (bicyclic) bond motifs is 1. The number of carbonyl (C=O) groups is 4. The predicted octanol–water partition coefficient (Wildman–Crippen LogP) is 3.67. The summed E-state index contributed by atoms with van der Waals surface area (Å²) in [6, 6.07) is 4.71. The average molecular weight is 776 g/mol. The molecule has 1 heterocycles. The van der Waals surface area contributed by atoms with Gasteiger partial charge in [-0.15, -0.1) is 6.58 Å². The minimum absolute atomic E-state index is 0.0117. The Morgan fingerprint density at radius 1 is 0.943 bits per heavy atom. The highest BCUT2D eigenvalue weighted by Crippen LogP contribution is 2.65. The third-order valence-corrected chi connectivity index (χ3v) is 16.2. The topological polar surface area (TPSA) is 188 Å². The highest BCUT2D eigenvalue weighted by molar-refractivity contribution is 7.92. The number of nitrogens with zero attached hydrogens (tertiary/aromatic N) is 1. The first-order valence-corrected chi connectivity index (χ1v) is 21.6. The summed E-state index contributed by atoms with van der Waals surface area (Å²) in [4.78, 5) is 57.7. The molecule has 1 aromatic rings. The Balaban J connectivity index is 1.37. The molecule has 294 valence electrons. The van der Waals surface area contributed by atoms with Crippen molar-refractivity contribution >= 4 is 43.6 Å². The van der Waals surface area contributed by atoms with E-state index in [1.807, 2.05) is 13.8 Å². The summed E-state index contributed by atoms with van der Waals surface area (Å²) < 4.78 is 53.9. The van der Waals surface area contributed by atoms with Crippen molar-refractivity contribution in [3.05, 3.63) is 43.0 Å². The molecule has 0 radical (unpaired) electrons. The maximum Gasteiger partial charge on any atom is 0.315 e. The number of piperidine rings is 1. The molecule has 0 bridgehead atoms. The molecule has 13 nitrogen and oxygen atoms in total. The first-order chi connectivity index (χ1) is 24.3. The summed E-state index contributed by atoms with van der Waals surface area (Å²) in [7, 11) is -7.83. The number of carbonyl (C=O) groups excluding carboxylic acids is 4. The largest absolute Gasteiger partial charge is 0.339 e. The van der Waals surface area contributed by atoms with Gasteiger partial charge in [-0.1, -0.05) is 78.2 Å². The van der Waals surface area contributed by atoms with E-state index < -0.39 is 82.9 Å². The first kappa shape index (κ1) is 40.7. The van der Waals surface area contributed by atoms with Crippen LogP contribution in [-0.2, 0) is 34.2 Å². The molecular formula is C38H57N5O8S2. The van der Waals surface area contributed by atoms with Crippen LogP contribution in [0.4, 0.5) is 4.79 Å². The van der Waals surface area contributed by atoms with Gasteiger partial charge < -0.3 is 20.9 Å². The fourth-order valence-electron chi connectivity index (χ4n) is 8.35. The van der Waals surface area contributed by atoms with E-state index in [0.717, 1.165) is 19.3 Å². The maximum atomic E-state index is 14.6. The lowest BCUT2D eigenvalue weighted by Crippen LogP contribution is -2.64. The molecule has 53 heavy (non-hydrogen) atoms. The van der Waals surface area contributed by atoms with E-state index in [4.69, 9.17) is 0 Å². The van der Waals surface area contributed by atoms with Crippen molar-refractivity contribution < 1.29 is 36.0 Å². The lowest BCUT2D eigenvalue weighted by molar-refractivity contribution is -0.144. The molecule has 1 aliphatic heterocycles. The van der Waals surface area contributed by atoms with Gasteiger partial charge in [-0.05, 0) is 74.8 Å². The van der Waals surface area contributed by atoms with Crippen LogP contribution in [0.1, 0.15) is 93.9 Å². The number of urea groups is 1. The van der Waals surface area contributed by atoms with E-state index in [1.165, 1.54) is 35.2 Å². The SMILES string of the molecule is C=CC1C[C@]1(NC(=O)[C@@H]1C2C(CN1C(=O)[C@@H](NC(=O)NC1(CS(=O)(=O)C(C)(C)C)CCCCC1)C(C)(C)C)C2(C)C)C(=O)NS(=O)(=O)c1ccccc1. The third kappa shape index (κ3) is 7.88. The average Bonchev–Trinajstić information content (AvgIpc) is 3.81. The van der Waals surface area contributed by atoms with Crippen LogP contribution in [-0.4, -0.2) is 85.7 Å². The Hall–Kier alpha value is -3.46. The van der Waals surface area contributed by atoms with Crippen LogP contribution >= 0.6 is 0 Å². The Kier molecular flexibility index (Phi) is 10.5. The van der Waals surface area contributed by atoms with Crippen LogP contribution in [0, 0.1) is 28.6 Å². The van der Waals surface area contributed by atoms with Crippen molar-refractivity contribution in [3.63, 3.8) is 0 Å². The zero-order valence-electron chi connectivity index (χ0n) is 32.2. The van der Waals surface area contributed by atoms with Gasteiger partial charge >= 0.3 is 6.03 Å². The quantitative estimate of drug-likeness (QED) is 0.245. The Morgan fingerprint density at radius 3 is 2.08 bits per heavy atom. The molecular weight excluding hydrogens is 719 g/mol. The second-order valence-corrected chi connectivity index (χ2v) is 22.7. The fourth-order valence-corrected chi connectivity index (χ4v) is 10.9. The number of likely N-dealkylation sites (tertiary alicyclic amines) is 1. The van der Waals surface area contributed by atoms with Gasteiger partial charge in [0.05, 0.1) is 20.9 Å². The summed E-state index contributed by atoms with van der Waals surface area (Å²) in [5, 5.41) is 8.69. The van der Waals surface area contributed by atoms with Crippen LogP contribution in [0.2, 0.25) is 0 Å². The second kappa shape index (κ2) is 13.7. The molecule has 3 saturated carbocycles. The minimum Gasteiger partial charge on any atom is -0.339 e. The van der Waals surface area contributed by atoms with Crippen LogP contribution in [0.5, 0.6) is 0 Å². The number of hydrogen-bond donors (Lipinski definition) is 4. The van der Waals surface area contributed by atoms with Gasteiger partial charge in [0.15, 0.2) is 9.84 Å². The standard InChI is InChI=1S/C38H57N5O8S2/c1-10-24-21-38(24,32(46)42-53(50,51)25-17-13-11-14-18-25)40-30(44)28-27-26(36(27,8)9)22-43(28)31(45)29(34(2,3)4)39-33(47)41-37(19-15-12-16-20-37)23-52(48,49)35(5,6)7/h10-11,13-14,17-18,24,26-29H,1,12,15-16,19-23H2,2-9H3,(H,40,44)(H,42,46)(H2,39,41,47)/t24?,26?,27?,28-,29+,38+/m0/s1. The van der Waals surface area contributed by atoms with Gasteiger partial charge in [-0.25, -0.2) is 26.4 Å². The molecule has 0 spiro atoms. The first-order valence-electron chi connectivity index (χ1n) is 18.5. The van der Waals surface area contributed by atoms with Gasteiger partial charge in [0, 0.05) is 12.5 Å². The molecule has 15 heteroatoms. The van der Waals surface area contributed by atoms with Crippen LogP contribution in [0.25, 0.3) is 0 Å². The number of nitrogens with one attached hydrogen (secondary N) is 4. The van der Waals surface area contributed by atoms with Crippen molar-refractivity contribution in [1.82, 2.24) is 25.6 Å². The molecule has 6 atom stereocenters. The normalized spacial score (nSPS) is 28.1. The molecule has 4 aliphatic rings. The van der Waals surface area contributed by atoms with Gasteiger partial charge in [0.2, 0.25) is 11.8 Å². The van der Waals surface area contributed by atoms with E-state index in [-0.39, 0.29) is 40.9 Å². The molecule has 5 rings (SSSR count). The lowest BCUT2D eigenvalue weighted by Gasteiger charge is -2.41. The number of benzene rings is 1. The molecule has 0 aromatic heterocycles. The van der Waals surface area contributed by atoms with Gasteiger partial charge in [0.25, 0.3) is 15.9 Å². The summed E-state index contributed by atoms with van der Waals surface area (Å²) in [5.74, 6) is -2.95. The summed E-state index contributed by atoms with van der Waals surface area (Å²) in [6.45, 7) is 18.4. The molecule has 3 unspecified atom stereocenters. The summed E-state index contributed by atoms with van der Waals surface area (Å²) in [5.41, 5.74) is -3.65. The monoisotopic (exact) mass is 775 g/mol. The van der Waals surface area contributed by atoms with Crippen molar-refractivity contribution in [1.29, 1.82) is 0 Å². The maximum absolute atomic E-state index is 14.6. The molecule has 3 aliphatic carbocycles. The molecule has 4 N–H and O–H groups in total. The highest BCUT2D eigenvalue weighted by Gasteiger charge is 2.71. The smallest absolute Gasteiger partial charge is 0.315 e. The lowest BCUT2D eigenvalue weighted by atomic mass is 9.83. The van der Waals surface area contributed by atoms with E-state index in [9.17, 15) is 36.0 Å². The van der Waals surface area contributed by atoms with Gasteiger partial charge in [-0.2, -0.15) is 0 Å². The van der Waals surface area contributed by atoms with Crippen molar-refractivity contribution in [2.75, 3.05) is 12.3 Å². The number of rotatable bonds is 11. The van der Waals surface area contributed by atoms with Crippen LogP contribution < -0.4 is 20.7 Å². The number of hydrogen-bond acceptors (Lipinski definition) is 8. The summed E-state index contributed by atoms with van der Waals surface area (Å²) >= 11 is 0. The van der Waals surface area contributed by atoms with Crippen molar-refractivity contribution in [2.45, 2.75) is 127 Å². The Bertz CT molecular complexity index is 1860. The zero-order valence-corrected chi connectivity index (χ0v) is 33.9. The number of sulfonamides is 1. The van der Waals surface area contributed by atoms with E-state index in [0.29, 0.717) is 12.8 Å². The van der Waals surface area contributed by atoms with Gasteiger partial charge in [-0.3, -0.25) is 14.4 Å². The molecule has 5 amide bonds. The van der Waals surface area contributed by atoms with Gasteiger partial charge in [0.1, 0.15) is 17.6 Å². The highest BCUT2D eigenvalue weighted by atomic mass is 32.2. The van der Waals surface area contributed by atoms with Crippen LogP contribution in [0.3, 0.4) is 0 Å². The van der Waals surface area contributed by atoms with E-state index >= 15 is 0 Å². The van der Waals surface area contributed by atoms with Crippen molar-refractivity contribution in [2.24, 2.45) is 28.6 Å². The molecule has 4 fully saturated rings. The molecule has 1 aromatic carbocycles. The van der Waals surface area contributed by atoms with Crippen LogP contribution in [0.15, 0.2) is 47.9 Å². The Morgan fingerprint density at radius 2 is 1.55 bits per heavy atom. The minimum atomic E-state index is -4.24. The summed E-state index contributed by atoms with van der Waals surface area (Å²) in [6.07, 6.45) is 5.06. The predicted molar refractivity (Wildman–Crippen MR) is 201 cm³/mol. The zero-order chi connectivity index (χ0) is 39.6. The molecule has 1 saturated heterocycles. The number of sulfone groups is 1. The fraction of sp³-hybridized carbons (Fsp3) is 0.684. The van der Waals surface area contributed by atoms with E-state index in [2.05, 4.69) is 27.3 Å². The van der Waals surface area contributed by atoms with Crippen molar-refractivity contribution in [3.8, 4) is 0 Å². The second-order valence-electron chi connectivity index (χ2n) is 18.3. The third-order valence-electron chi connectivity index (χ3n) is 12.1.